The Morgan fingerprint density at radius 3 is 2.90 bits per heavy atom. The van der Waals surface area contributed by atoms with Crippen molar-refractivity contribution in [2.24, 2.45) is 5.73 Å². The number of amides is 1. The molecule has 2 N–H and O–H groups in total. The van der Waals surface area contributed by atoms with Crippen LogP contribution in [-0.2, 0) is 24.2 Å². The van der Waals surface area contributed by atoms with Crippen LogP contribution in [0.3, 0.4) is 0 Å². The molecular formula is C16H18N2OS. The van der Waals surface area contributed by atoms with Crippen LogP contribution in [0, 0.1) is 0 Å². The predicted octanol–water partition coefficient (Wildman–Crippen LogP) is 2.20. The molecule has 0 aliphatic carbocycles. The van der Waals surface area contributed by atoms with Crippen LogP contribution in [0.15, 0.2) is 41.8 Å². The van der Waals surface area contributed by atoms with Gasteiger partial charge in [0.25, 0.3) is 0 Å². The number of benzene rings is 1. The molecule has 3 nitrogen and oxygen atoms in total. The maximum atomic E-state index is 12.4. The highest BCUT2D eigenvalue weighted by Crippen LogP contribution is 2.24. The Hall–Kier alpha value is -1.65. The van der Waals surface area contributed by atoms with Crippen molar-refractivity contribution in [3.8, 4) is 0 Å². The van der Waals surface area contributed by atoms with Crippen LogP contribution in [0.1, 0.15) is 16.0 Å². The molecule has 104 valence electrons. The summed E-state index contributed by atoms with van der Waals surface area (Å²) in [6, 6.07) is 11.6. The van der Waals surface area contributed by atoms with E-state index < -0.39 is 6.04 Å². The third kappa shape index (κ3) is 2.76. The van der Waals surface area contributed by atoms with Crippen LogP contribution in [0.25, 0.3) is 0 Å². The summed E-state index contributed by atoms with van der Waals surface area (Å²) < 4.78 is 0. The Bertz CT molecular complexity index is 594. The molecule has 0 fully saturated rings. The molecule has 2 aromatic rings. The number of thiophene rings is 1. The second-order valence-corrected chi connectivity index (χ2v) is 6.18. The lowest BCUT2D eigenvalue weighted by molar-refractivity contribution is -0.133. The monoisotopic (exact) mass is 286 g/mol. The lowest BCUT2D eigenvalue weighted by atomic mass is 10.0. The Kier molecular flexibility index (Phi) is 3.85. The number of carbonyl (C=O) groups is 1. The molecule has 3 rings (SSSR count). The zero-order chi connectivity index (χ0) is 13.9. The number of hydrogen-bond donors (Lipinski definition) is 1. The maximum absolute atomic E-state index is 12.4. The van der Waals surface area contributed by atoms with Crippen LogP contribution in [0.4, 0.5) is 0 Å². The first kappa shape index (κ1) is 13.3. The first-order valence-electron chi connectivity index (χ1n) is 6.87. The van der Waals surface area contributed by atoms with E-state index in [1.807, 2.05) is 35.2 Å². The fourth-order valence-electron chi connectivity index (χ4n) is 2.63. The third-order valence-corrected chi connectivity index (χ3v) is 4.76. The van der Waals surface area contributed by atoms with Gasteiger partial charge in [0.15, 0.2) is 0 Å². The van der Waals surface area contributed by atoms with E-state index in [0.717, 1.165) is 18.5 Å². The Morgan fingerprint density at radius 1 is 1.30 bits per heavy atom. The molecule has 2 heterocycles. The fourth-order valence-corrected chi connectivity index (χ4v) is 3.52. The molecular weight excluding hydrogens is 268 g/mol. The van der Waals surface area contributed by atoms with Gasteiger partial charge in [0, 0.05) is 18.0 Å². The summed E-state index contributed by atoms with van der Waals surface area (Å²) >= 11 is 1.78. The minimum Gasteiger partial charge on any atom is -0.337 e. The lowest BCUT2D eigenvalue weighted by Gasteiger charge is -2.29. The molecule has 1 aromatic heterocycles. The average molecular weight is 286 g/mol. The van der Waals surface area contributed by atoms with Gasteiger partial charge >= 0.3 is 0 Å². The minimum absolute atomic E-state index is 0.0608. The van der Waals surface area contributed by atoms with Gasteiger partial charge in [0.1, 0.15) is 0 Å². The van der Waals surface area contributed by atoms with E-state index in [9.17, 15) is 4.79 Å². The van der Waals surface area contributed by atoms with E-state index in [1.54, 1.807) is 11.3 Å². The molecule has 0 radical (unpaired) electrons. The van der Waals surface area contributed by atoms with Crippen LogP contribution in [0.2, 0.25) is 0 Å². The number of fused-ring (bicyclic) bond motifs is 1. The van der Waals surface area contributed by atoms with Gasteiger partial charge < -0.3 is 10.6 Å². The van der Waals surface area contributed by atoms with Crippen molar-refractivity contribution in [3.05, 3.63) is 57.8 Å². The second kappa shape index (κ2) is 5.77. The smallest absolute Gasteiger partial charge is 0.240 e. The molecule has 1 unspecified atom stereocenters. The van der Waals surface area contributed by atoms with Gasteiger partial charge in [-0.3, -0.25) is 4.79 Å². The van der Waals surface area contributed by atoms with Crippen molar-refractivity contribution < 1.29 is 4.79 Å². The van der Waals surface area contributed by atoms with E-state index in [2.05, 4.69) is 11.4 Å². The van der Waals surface area contributed by atoms with E-state index in [1.165, 1.54) is 10.4 Å². The van der Waals surface area contributed by atoms with Crippen molar-refractivity contribution in [1.82, 2.24) is 4.90 Å². The zero-order valence-corrected chi connectivity index (χ0v) is 12.1. The van der Waals surface area contributed by atoms with Crippen molar-refractivity contribution >= 4 is 17.2 Å². The normalized spacial score (nSPS) is 15.8. The van der Waals surface area contributed by atoms with E-state index >= 15 is 0 Å². The van der Waals surface area contributed by atoms with Crippen LogP contribution < -0.4 is 5.73 Å². The molecule has 0 saturated carbocycles. The van der Waals surface area contributed by atoms with E-state index in [0.29, 0.717) is 13.0 Å². The van der Waals surface area contributed by atoms with Crippen LogP contribution >= 0.6 is 11.3 Å². The Balaban J connectivity index is 1.64. The summed E-state index contributed by atoms with van der Waals surface area (Å²) in [6.45, 7) is 1.50. The van der Waals surface area contributed by atoms with Crippen LogP contribution in [0.5, 0.6) is 0 Å². The molecule has 20 heavy (non-hydrogen) atoms. The SMILES string of the molecule is NC(Cc1ccccc1)C(=O)N1CCc2sccc2C1. The second-order valence-electron chi connectivity index (χ2n) is 5.18. The van der Waals surface area contributed by atoms with Gasteiger partial charge in [0.05, 0.1) is 6.04 Å². The molecule has 0 spiro atoms. The molecule has 1 aliphatic heterocycles. The summed E-state index contributed by atoms with van der Waals surface area (Å²) in [5, 5.41) is 2.10. The Labute approximate surface area is 123 Å². The summed E-state index contributed by atoms with van der Waals surface area (Å²) in [4.78, 5) is 15.7. The summed E-state index contributed by atoms with van der Waals surface area (Å²) in [6.07, 6.45) is 1.56. The Morgan fingerprint density at radius 2 is 2.10 bits per heavy atom. The summed E-state index contributed by atoms with van der Waals surface area (Å²) in [5.74, 6) is 0.0608. The standard InChI is InChI=1S/C16H18N2OS/c17-14(10-12-4-2-1-3-5-12)16(19)18-8-6-15-13(11-18)7-9-20-15/h1-5,7,9,14H,6,8,10-11,17H2. The molecule has 0 bridgehead atoms. The van der Waals surface area contributed by atoms with Crippen molar-refractivity contribution in [3.63, 3.8) is 0 Å². The van der Waals surface area contributed by atoms with Gasteiger partial charge in [-0.05, 0) is 35.4 Å². The zero-order valence-electron chi connectivity index (χ0n) is 11.3. The van der Waals surface area contributed by atoms with Crippen molar-refractivity contribution in [1.29, 1.82) is 0 Å². The third-order valence-electron chi connectivity index (χ3n) is 3.73. The number of carbonyl (C=O) groups excluding carboxylic acids is 1. The van der Waals surface area contributed by atoms with Crippen molar-refractivity contribution in [2.75, 3.05) is 6.54 Å². The van der Waals surface area contributed by atoms with E-state index in [4.69, 9.17) is 5.73 Å². The van der Waals surface area contributed by atoms with Gasteiger partial charge in [-0.2, -0.15) is 0 Å². The predicted molar refractivity (Wildman–Crippen MR) is 81.6 cm³/mol. The topological polar surface area (TPSA) is 46.3 Å². The summed E-state index contributed by atoms with van der Waals surface area (Å²) in [7, 11) is 0. The highest BCUT2D eigenvalue weighted by molar-refractivity contribution is 7.10. The number of nitrogens with zero attached hydrogens (tertiary/aromatic N) is 1. The minimum atomic E-state index is -0.447. The molecule has 4 heteroatoms. The average Bonchev–Trinajstić information content (AvgIpc) is 2.94. The van der Waals surface area contributed by atoms with E-state index in [-0.39, 0.29) is 5.91 Å². The molecule has 0 saturated heterocycles. The van der Waals surface area contributed by atoms with Gasteiger partial charge in [-0.25, -0.2) is 0 Å². The number of hydrogen-bond acceptors (Lipinski definition) is 3. The quantitative estimate of drug-likeness (QED) is 0.940. The van der Waals surface area contributed by atoms with Gasteiger partial charge in [-0.1, -0.05) is 30.3 Å². The number of rotatable bonds is 3. The van der Waals surface area contributed by atoms with Gasteiger partial charge in [-0.15, -0.1) is 11.3 Å². The molecule has 1 amide bonds. The largest absolute Gasteiger partial charge is 0.337 e. The van der Waals surface area contributed by atoms with Crippen LogP contribution in [-0.4, -0.2) is 23.4 Å². The highest BCUT2D eigenvalue weighted by Gasteiger charge is 2.25. The number of nitrogens with two attached hydrogens (primary N) is 1. The first-order chi connectivity index (χ1) is 9.74. The molecule has 1 aliphatic rings. The summed E-state index contributed by atoms with van der Waals surface area (Å²) in [5.41, 5.74) is 8.48. The van der Waals surface area contributed by atoms with Crippen molar-refractivity contribution in [2.45, 2.75) is 25.4 Å². The fraction of sp³-hybridized carbons (Fsp3) is 0.312. The molecule has 1 aromatic carbocycles. The molecule has 1 atom stereocenters. The first-order valence-corrected chi connectivity index (χ1v) is 7.75. The van der Waals surface area contributed by atoms with Gasteiger partial charge in [0.2, 0.25) is 5.91 Å². The maximum Gasteiger partial charge on any atom is 0.240 e. The lowest BCUT2D eigenvalue weighted by Crippen LogP contribution is -2.46. The highest BCUT2D eigenvalue weighted by atomic mass is 32.1.